The molecule has 0 aliphatic carbocycles. The van der Waals surface area contributed by atoms with Gasteiger partial charge in [-0.05, 0) is 43.5 Å². The molecule has 0 fully saturated rings. The molecule has 2 N–H and O–H groups in total. The van der Waals surface area contributed by atoms with Crippen molar-refractivity contribution in [3.05, 3.63) is 40.3 Å². The Labute approximate surface area is 119 Å². The second kappa shape index (κ2) is 7.65. The van der Waals surface area contributed by atoms with Crippen LogP contribution in [0.1, 0.15) is 25.3 Å². The first-order valence-electron chi connectivity index (χ1n) is 6.00. The van der Waals surface area contributed by atoms with Crippen LogP contribution in [0.2, 0.25) is 5.02 Å². The van der Waals surface area contributed by atoms with E-state index in [2.05, 4.69) is 4.72 Å². The van der Waals surface area contributed by atoms with Crippen LogP contribution in [-0.4, -0.2) is 26.2 Å². The number of hydrogen-bond acceptors (Lipinski definition) is 3. The molecular formula is C13H18ClNO3S. The largest absolute Gasteiger partial charge is 0.396 e. The number of nitrogens with one attached hydrogen (secondary N) is 1. The molecule has 1 rings (SSSR count). The molecule has 0 radical (unpaired) electrons. The fraction of sp³-hybridized carbons (Fsp3) is 0.385. The Balaban J connectivity index is 2.61. The molecule has 0 saturated carbocycles. The highest BCUT2D eigenvalue weighted by Gasteiger charge is 2.10. The zero-order valence-electron chi connectivity index (χ0n) is 10.7. The first-order valence-corrected chi connectivity index (χ1v) is 7.92. The maximum Gasteiger partial charge on any atom is 0.233 e. The first kappa shape index (κ1) is 16.2. The average Bonchev–Trinajstić information content (AvgIpc) is 2.35. The highest BCUT2D eigenvalue weighted by molar-refractivity contribution is 7.92. The Morgan fingerprint density at radius 2 is 2.00 bits per heavy atom. The lowest BCUT2D eigenvalue weighted by atomic mass is 10.2. The summed E-state index contributed by atoms with van der Waals surface area (Å²) in [4.78, 5) is 0. The highest BCUT2D eigenvalue weighted by Crippen LogP contribution is 2.11. The maximum atomic E-state index is 11.8. The molecule has 0 aliphatic rings. The van der Waals surface area contributed by atoms with Crippen molar-refractivity contribution in [2.75, 3.05) is 6.61 Å². The number of halogens is 1. The van der Waals surface area contributed by atoms with E-state index in [0.717, 1.165) is 11.0 Å². The van der Waals surface area contributed by atoms with Gasteiger partial charge in [0, 0.05) is 23.1 Å². The second-order valence-electron chi connectivity index (χ2n) is 4.28. The van der Waals surface area contributed by atoms with Crippen molar-refractivity contribution >= 4 is 27.7 Å². The predicted molar refractivity (Wildman–Crippen MR) is 78.3 cm³/mol. The Morgan fingerprint density at radius 3 is 2.58 bits per heavy atom. The Bertz CT molecular complexity index is 511. The molecule has 6 heteroatoms. The lowest BCUT2D eigenvalue weighted by molar-refractivity contribution is 0.279. The van der Waals surface area contributed by atoms with E-state index in [0.29, 0.717) is 17.9 Å². The third-order valence-corrected chi connectivity index (χ3v) is 3.95. The van der Waals surface area contributed by atoms with Crippen LogP contribution in [0, 0.1) is 0 Å². The summed E-state index contributed by atoms with van der Waals surface area (Å²) >= 11 is 5.74. The Hall–Kier alpha value is -0.880. The van der Waals surface area contributed by atoms with Crippen molar-refractivity contribution in [1.29, 1.82) is 0 Å². The van der Waals surface area contributed by atoms with Crippen LogP contribution in [0.4, 0.5) is 0 Å². The van der Waals surface area contributed by atoms with E-state index in [1.165, 1.54) is 6.08 Å². The molecule has 0 amide bonds. The summed E-state index contributed by atoms with van der Waals surface area (Å²) in [6.45, 7) is 1.83. The van der Waals surface area contributed by atoms with Crippen molar-refractivity contribution in [3.8, 4) is 0 Å². The van der Waals surface area contributed by atoms with Crippen molar-refractivity contribution in [1.82, 2.24) is 4.72 Å². The third-order valence-electron chi connectivity index (χ3n) is 2.47. The zero-order chi connectivity index (χ0) is 14.3. The third kappa shape index (κ3) is 6.73. The predicted octanol–water partition coefficient (Wildman–Crippen LogP) is 2.39. The molecule has 4 nitrogen and oxygen atoms in total. The Morgan fingerprint density at radius 1 is 1.37 bits per heavy atom. The van der Waals surface area contributed by atoms with Gasteiger partial charge in [0.1, 0.15) is 0 Å². The molecule has 19 heavy (non-hydrogen) atoms. The SMILES string of the molecule is CC(CCCO)NS(=O)(=O)C=Cc1ccc(Cl)cc1. The topological polar surface area (TPSA) is 66.4 Å². The van der Waals surface area contributed by atoms with Crippen molar-refractivity contribution in [2.45, 2.75) is 25.8 Å². The number of aliphatic hydroxyl groups excluding tert-OH is 1. The van der Waals surface area contributed by atoms with Gasteiger partial charge in [0.2, 0.25) is 10.0 Å². The number of benzene rings is 1. The van der Waals surface area contributed by atoms with Crippen LogP contribution in [-0.2, 0) is 10.0 Å². The second-order valence-corrected chi connectivity index (χ2v) is 6.32. The normalized spacial score (nSPS) is 13.8. The van der Waals surface area contributed by atoms with Gasteiger partial charge in [0.15, 0.2) is 0 Å². The minimum Gasteiger partial charge on any atom is -0.396 e. The lowest BCUT2D eigenvalue weighted by Crippen LogP contribution is -2.31. The molecule has 1 atom stereocenters. The van der Waals surface area contributed by atoms with Crippen molar-refractivity contribution < 1.29 is 13.5 Å². The monoisotopic (exact) mass is 303 g/mol. The van der Waals surface area contributed by atoms with Gasteiger partial charge in [0.25, 0.3) is 0 Å². The fourth-order valence-electron chi connectivity index (χ4n) is 1.52. The number of sulfonamides is 1. The molecular weight excluding hydrogens is 286 g/mol. The molecule has 0 heterocycles. The standard InChI is InChI=1S/C13H18ClNO3S/c1-11(3-2-9-16)15-19(17,18)10-8-12-4-6-13(14)7-5-12/h4-8,10-11,15-16H,2-3,9H2,1H3. The van der Waals surface area contributed by atoms with Gasteiger partial charge in [-0.2, -0.15) is 0 Å². The molecule has 0 bridgehead atoms. The van der Waals surface area contributed by atoms with Crippen LogP contribution in [0.25, 0.3) is 6.08 Å². The van der Waals surface area contributed by atoms with Crippen LogP contribution in [0.15, 0.2) is 29.7 Å². The molecule has 0 aliphatic heterocycles. The molecule has 106 valence electrons. The summed E-state index contributed by atoms with van der Waals surface area (Å²) in [7, 11) is -3.46. The quantitative estimate of drug-likeness (QED) is 0.813. The van der Waals surface area contributed by atoms with Gasteiger partial charge < -0.3 is 5.11 Å². The highest BCUT2D eigenvalue weighted by atomic mass is 35.5. The number of rotatable bonds is 7. The van der Waals surface area contributed by atoms with E-state index in [4.69, 9.17) is 16.7 Å². The zero-order valence-corrected chi connectivity index (χ0v) is 12.3. The average molecular weight is 304 g/mol. The van der Waals surface area contributed by atoms with Gasteiger partial charge >= 0.3 is 0 Å². The van der Waals surface area contributed by atoms with Crippen molar-refractivity contribution in [3.63, 3.8) is 0 Å². The molecule has 1 aromatic rings. The number of aliphatic hydroxyl groups is 1. The molecule has 1 unspecified atom stereocenters. The van der Waals surface area contributed by atoms with Crippen LogP contribution in [0.5, 0.6) is 0 Å². The van der Waals surface area contributed by atoms with E-state index >= 15 is 0 Å². The first-order chi connectivity index (χ1) is 8.93. The van der Waals surface area contributed by atoms with E-state index in [9.17, 15) is 8.42 Å². The van der Waals surface area contributed by atoms with E-state index in [1.807, 2.05) is 0 Å². The van der Waals surface area contributed by atoms with Gasteiger partial charge in [-0.1, -0.05) is 23.7 Å². The minimum atomic E-state index is -3.46. The molecule has 0 saturated heterocycles. The van der Waals surface area contributed by atoms with Gasteiger partial charge in [0.05, 0.1) is 0 Å². The van der Waals surface area contributed by atoms with Gasteiger partial charge in [-0.25, -0.2) is 13.1 Å². The lowest BCUT2D eigenvalue weighted by Gasteiger charge is -2.11. The van der Waals surface area contributed by atoms with E-state index in [-0.39, 0.29) is 12.6 Å². The van der Waals surface area contributed by atoms with Crippen molar-refractivity contribution in [2.24, 2.45) is 0 Å². The smallest absolute Gasteiger partial charge is 0.233 e. The van der Waals surface area contributed by atoms with E-state index in [1.54, 1.807) is 31.2 Å². The number of hydrogen-bond donors (Lipinski definition) is 2. The minimum absolute atomic E-state index is 0.0622. The fourth-order valence-corrected chi connectivity index (χ4v) is 2.74. The van der Waals surface area contributed by atoms with E-state index < -0.39 is 10.0 Å². The molecule has 0 aromatic heterocycles. The van der Waals surface area contributed by atoms with Crippen LogP contribution >= 0.6 is 11.6 Å². The van der Waals surface area contributed by atoms with Crippen LogP contribution in [0.3, 0.4) is 0 Å². The summed E-state index contributed by atoms with van der Waals surface area (Å²) in [6.07, 6.45) is 2.69. The molecule has 1 aromatic carbocycles. The summed E-state index contributed by atoms with van der Waals surface area (Å²) < 4.78 is 26.0. The summed E-state index contributed by atoms with van der Waals surface area (Å²) in [5, 5.41) is 10.4. The van der Waals surface area contributed by atoms with Gasteiger partial charge in [-0.15, -0.1) is 0 Å². The maximum absolute atomic E-state index is 11.8. The van der Waals surface area contributed by atoms with Crippen LogP contribution < -0.4 is 4.72 Å². The summed E-state index contributed by atoms with van der Waals surface area (Å²) in [5.41, 5.74) is 0.762. The summed E-state index contributed by atoms with van der Waals surface area (Å²) in [6, 6.07) is 6.68. The Kier molecular flexibility index (Phi) is 6.51. The van der Waals surface area contributed by atoms with Gasteiger partial charge in [-0.3, -0.25) is 0 Å². The molecule has 0 spiro atoms. The summed E-state index contributed by atoms with van der Waals surface area (Å²) in [5.74, 6) is 0.